The summed E-state index contributed by atoms with van der Waals surface area (Å²) in [5.41, 5.74) is 0.648. The summed E-state index contributed by atoms with van der Waals surface area (Å²) in [6.07, 6.45) is 0.704. The van der Waals surface area contributed by atoms with Gasteiger partial charge in [-0.3, -0.25) is 9.59 Å². The molecular weight excluding hydrogens is 272 g/mol. The van der Waals surface area contributed by atoms with Gasteiger partial charge in [-0.2, -0.15) is 0 Å². The van der Waals surface area contributed by atoms with Crippen LogP contribution in [0.15, 0.2) is 47.8 Å². The van der Waals surface area contributed by atoms with E-state index in [4.69, 9.17) is 0 Å². The molecular formula is C15H16N2O2S. The predicted molar refractivity (Wildman–Crippen MR) is 80.0 cm³/mol. The Morgan fingerprint density at radius 3 is 2.25 bits per heavy atom. The molecule has 1 heterocycles. The Bertz CT molecular complexity index is 553. The van der Waals surface area contributed by atoms with Crippen molar-refractivity contribution in [2.24, 2.45) is 0 Å². The molecule has 1 aromatic heterocycles. The molecule has 20 heavy (non-hydrogen) atoms. The molecule has 0 bridgehead atoms. The molecule has 0 atom stereocenters. The number of rotatable bonds is 6. The zero-order valence-electron chi connectivity index (χ0n) is 11.0. The number of benzene rings is 1. The van der Waals surface area contributed by atoms with Gasteiger partial charge in [0.1, 0.15) is 0 Å². The van der Waals surface area contributed by atoms with Crippen molar-refractivity contribution in [2.45, 2.75) is 6.42 Å². The van der Waals surface area contributed by atoms with Crippen LogP contribution in [0.5, 0.6) is 0 Å². The van der Waals surface area contributed by atoms with Crippen molar-refractivity contribution in [1.29, 1.82) is 0 Å². The molecule has 104 valence electrons. The van der Waals surface area contributed by atoms with E-state index in [9.17, 15) is 9.59 Å². The van der Waals surface area contributed by atoms with Crippen LogP contribution in [0.4, 0.5) is 0 Å². The van der Waals surface area contributed by atoms with Gasteiger partial charge in [0, 0.05) is 18.7 Å². The maximum Gasteiger partial charge on any atom is 0.261 e. The van der Waals surface area contributed by atoms with Crippen LogP contribution >= 0.6 is 11.3 Å². The fourth-order valence-electron chi connectivity index (χ4n) is 1.68. The number of carbonyl (C=O) groups excluding carboxylic acids is 2. The highest BCUT2D eigenvalue weighted by Crippen LogP contribution is 2.07. The van der Waals surface area contributed by atoms with Crippen molar-refractivity contribution in [3.63, 3.8) is 0 Å². The largest absolute Gasteiger partial charge is 0.352 e. The molecule has 0 fully saturated rings. The van der Waals surface area contributed by atoms with E-state index in [2.05, 4.69) is 10.6 Å². The minimum absolute atomic E-state index is 0.0608. The Morgan fingerprint density at radius 1 is 0.900 bits per heavy atom. The first kappa shape index (κ1) is 14.3. The topological polar surface area (TPSA) is 58.2 Å². The van der Waals surface area contributed by atoms with E-state index in [1.807, 2.05) is 29.6 Å². The van der Waals surface area contributed by atoms with E-state index in [0.717, 1.165) is 0 Å². The molecule has 0 aliphatic rings. The monoisotopic (exact) mass is 288 g/mol. The Hall–Kier alpha value is -2.14. The smallest absolute Gasteiger partial charge is 0.261 e. The van der Waals surface area contributed by atoms with E-state index in [1.54, 1.807) is 18.2 Å². The second kappa shape index (κ2) is 7.45. The molecule has 0 spiro atoms. The Labute approximate surface area is 121 Å². The highest BCUT2D eigenvalue weighted by Gasteiger charge is 2.05. The Balaban J connectivity index is 1.62. The second-order valence-corrected chi connectivity index (χ2v) is 5.16. The first-order chi connectivity index (χ1) is 9.77. The normalized spacial score (nSPS) is 10.0. The fraction of sp³-hybridized carbons (Fsp3) is 0.200. The molecule has 0 unspecified atom stereocenters. The van der Waals surface area contributed by atoms with E-state index >= 15 is 0 Å². The van der Waals surface area contributed by atoms with Crippen molar-refractivity contribution < 1.29 is 9.59 Å². The minimum Gasteiger partial charge on any atom is -0.352 e. The molecule has 5 heteroatoms. The lowest BCUT2D eigenvalue weighted by atomic mass is 10.2. The van der Waals surface area contributed by atoms with Gasteiger partial charge in [-0.1, -0.05) is 24.3 Å². The maximum absolute atomic E-state index is 11.7. The number of thiophene rings is 1. The van der Waals surface area contributed by atoms with Crippen LogP contribution in [-0.2, 0) is 0 Å². The molecule has 0 aliphatic heterocycles. The summed E-state index contributed by atoms with van der Waals surface area (Å²) in [7, 11) is 0. The lowest BCUT2D eigenvalue weighted by Crippen LogP contribution is -2.29. The van der Waals surface area contributed by atoms with E-state index in [-0.39, 0.29) is 11.8 Å². The third kappa shape index (κ3) is 4.20. The van der Waals surface area contributed by atoms with E-state index in [0.29, 0.717) is 30.0 Å². The highest BCUT2D eigenvalue weighted by molar-refractivity contribution is 7.12. The Morgan fingerprint density at radius 2 is 1.60 bits per heavy atom. The molecule has 2 N–H and O–H groups in total. The van der Waals surface area contributed by atoms with Crippen molar-refractivity contribution in [3.8, 4) is 0 Å². The highest BCUT2D eigenvalue weighted by atomic mass is 32.1. The third-order valence-corrected chi connectivity index (χ3v) is 3.57. The second-order valence-electron chi connectivity index (χ2n) is 4.21. The standard InChI is InChI=1S/C15H16N2O2S/c18-14(12-6-2-1-3-7-12)16-9-5-10-17-15(19)13-8-4-11-20-13/h1-4,6-8,11H,5,9-10H2,(H,16,18)(H,17,19). The van der Waals surface area contributed by atoms with Crippen molar-refractivity contribution in [1.82, 2.24) is 10.6 Å². The van der Waals surface area contributed by atoms with Gasteiger partial charge in [0.25, 0.3) is 11.8 Å². The summed E-state index contributed by atoms with van der Waals surface area (Å²) in [5.74, 6) is -0.149. The van der Waals surface area contributed by atoms with E-state index < -0.39 is 0 Å². The maximum atomic E-state index is 11.7. The average Bonchev–Trinajstić information content (AvgIpc) is 3.01. The number of nitrogens with one attached hydrogen (secondary N) is 2. The van der Waals surface area contributed by atoms with Gasteiger partial charge in [-0.25, -0.2) is 0 Å². The molecule has 0 radical (unpaired) electrons. The van der Waals surface area contributed by atoms with Gasteiger partial charge in [0.05, 0.1) is 4.88 Å². The molecule has 2 amide bonds. The number of carbonyl (C=O) groups is 2. The molecule has 2 aromatic rings. The number of amides is 2. The van der Waals surface area contributed by atoms with Crippen LogP contribution in [0.3, 0.4) is 0 Å². The quantitative estimate of drug-likeness (QED) is 0.801. The summed E-state index contributed by atoms with van der Waals surface area (Å²) < 4.78 is 0. The van der Waals surface area contributed by atoms with Gasteiger partial charge in [-0.05, 0) is 30.0 Å². The molecule has 2 rings (SSSR count). The summed E-state index contributed by atoms with van der Waals surface area (Å²) >= 11 is 1.42. The fourth-order valence-corrected chi connectivity index (χ4v) is 2.32. The van der Waals surface area contributed by atoms with Crippen LogP contribution in [0, 0.1) is 0 Å². The van der Waals surface area contributed by atoms with Crippen LogP contribution < -0.4 is 10.6 Å². The molecule has 1 aromatic carbocycles. The van der Waals surface area contributed by atoms with Crippen LogP contribution in [0.25, 0.3) is 0 Å². The lowest BCUT2D eigenvalue weighted by Gasteiger charge is -2.06. The Kier molecular flexibility index (Phi) is 5.32. The summed E-state index contributed by atoms with van der Waals surface area (Å²) in [4.78, 5) is 24.1. The number of hydrogen-bond acceptors (Lipinski definition) is 3. The lowest BCUT2D eigenvalue weighted by molar-refractivity contribution is 0.0953. The van der Waals surface area contributed by atoms with Gasteiger partial charge >= 0.3 is 0 Å². The molecule has 0 saturated carbocycles. The van der Waals surface area contributed by atoms with Gasteiger partial charge in [0.2, 0.25) is 0 Å². The first-order valence-electron chi connectivity index (χ1n) is 6.42. The molecule has 0 saturated heterocycles. The number of hydrogen-bond donors (Lipinski definition) is 2. The summed E-state index contributed by atoms with van der Waals surface area (Å²) in [6, 6.07) is 12.7. The molecule has 0 aliphatic carbocycles. The molecule has 4 nitrogen and oxygen atoms in total. The van der Waals surface area contributed by atoms with E-state index in [1.165, 1.54) is 11.3 Å². The predicted octanol–water partition coefficient (Wildman–Crippen LogP) is 2.30. The first-order valence-corrected chi connectivity index (χ1v) is 7.30. The third-order valence-electron chi connectivity index (χ3n) is 2.71. The zero-order chi connectivity index (χ0) is 14.2. The summed E-state index contributed by atoms with van der Waals surface area (Å²) in [6.45, 7) is 1.09. The SMILES string of the molecule is O=C(NCCCNC(=O)c1cccs1)c1ccccc1. The van der Waals surface area contributed by atoms with Gasteiger partial charge in [0.15, 0.2) is 0 Å². The van der Waals surface area contributed by atoms with Gasteiger partial charge in [-0.15, -0.1) is 11.3 Å². The van der Waals surface area contributed by atoms with Gasteiger partial charge < -0.3 is 10.6 Å². The minimum atomic E-state index is -0.0878. The summed E-state index contributed by atoms with van der Waals surface area (Å²) in [5, 5.41) is 7.51. The van der Waals surface area contributed by atoms with Crippen LogP contribution in [0.1, 0.15) is 26.5 Å². The van der Waals surface area contributed by atoms with Crippen molar-refractivity contribution in [3.05, 3.63) is 58.3 Å². The van der Waals surface area contributed by atoms with Crippen molar-refractivity contribution in [2.75, 3.05) is 13.1 Å². The van der Waals surface area contributed by atoms with Crippen LogP contribution in [-0.4, -0.2) is 24.9 Å². The average molecular weight is 288 g/mol. The van der Waals surface area contributed by atoms with Crippen molar-refractivity contribution >= 4 is 23.2 Å². The zero-order valence-corrected chi connectivity index (χ0v) is 11.8. The van der Waals surface area contributed by atoms with Crippen LogP contribution in [0.2, 0.25) is 0 Å².